The average Bonchev–Trinajstić information content (AvgIpc) is 2.97. The molecule has 1 aliphatic heterocycles. The predicted octanol–water partition coefficient (Wildman–Crippen LogP) is 2.72. The Balaban J connectivity index is 1.97. The van der Waals surface area contributed by atoms with Gasteiger partial charge in [-0.05, 0) is 51.4 Å². The van der Waals surface area contributed by atoms with Crippen molar-refractivity contribution in [3.05, 3.63) is 23.5 Å². The number of nitrogens with two attached hydrogens (primary N) is 1. The van der Waals surface area contributed by atoms with E-state index in [1.807, 2.05) is 10.6 Å². The van der Waals surface area contributed by atoms with Gasteiger partial charge in [-0.25, -0.2) is 9.37 Å². The van der Waals surface area contributed by atoms with Crippen LogP contribution in [-0.2, 0) is 0 Å². The van der Waals surface area contributed by atoms with Crippen molar-refractivity contribution in [3.63, 3.8) is 0 Å². The molecule has 1 fully saturated rings. The third kappa shape index (κ3) is 2.26. The molecule has 0 saturated carbocycles. The van der Waals surface area contributed by atoms with Gasteiger partial charge in [0.2, 0.25) is 5.95 Å². The van der Waals surface area contributed by atoms with Gasteiger partial charge in [-0.1, -0.05) is 0 Å². The summed E-state index contributed by atoms with van der Waals surface area (Å²) in [7, 11) is 0. The van der Waals surface area contributed by atoms with Crippen molar-refractivity contribution in [2.24, 2.45) is 0 Å². The number of fused-ring (bicyclic) bond motifs is 1. The second-order valence-electron chi connectivity index (χ2n) is 5.79. The SMILES string of the molecule is Cc1cc2c(cc1F)nc(N)n2C(C)CN1CCCC1. The van der Waals surface area contributed by atoms with E-state index in [1.54, 1.807) is 6.92 Å². The van der Waals surface area contributed by atoms with E-state index in [9.17, 15) is 4.39 Å². The summed E-state index contributed by atoms with van der Waals surface area (Å²) in [5.74, 6) is 0.242. The number of anilines is 1. The summed E-state index contributed by atoms with van der Waals surface area (Å²) < 4.78 is 15.6. The molecule has 108 valence electrons. The van der Waals surface area contributed by atoms with Gasteiger partial charge in [-0.3, -0.25) is 0 Å². The molecule has 1 saturated heterocycles. The van der Waals surface area contributed by atoms with Gasteiger partial charge < -0.3 is 15.2 Å². The van der Waals surface area contributed by atoms with E-state index in [-0.39, 0.29) is 11.9 Å². The maximum absolute atomic E-state index is 13.6. The van der Waals surface area contributed by atoms with Crippen LogP contribution in [0, 0.1) is 12.7 Å². The first-order valence-corrected chi connectivity index (χ1v) is 7.22. The summed E-state index contributed by atoms with van der Waals surface area (Å²) in [5.41, 5.74) is 8.23. The molecule has 2 N–H and O–H groups in total. The van der Waals surface area contributed by atoms with Gasteiger partial charge >= 0.3 is 0 Å². The van der Waals surface area contributed by atoms with Crippen LogP contribution in [-0.4, -0.2) is 34.1 Å². The van der Waals surface area contributed by atoms with E-state index < -0.39 is 0 Å². The third-order valence-electron chi connectivity index (χ3n) is 4.16. The Morgan fingerprint density at radius 1 is 1.35 bits per heavy atom. The van der Waals surface area contributed by atoms with E-state index in [1.165, 1.54) is 18.9 Å². The molecule has 3 rings (SSSR count). The molecule has 4 nitrogen and oxygen atoms in total. The maximum Gasteiger partial charge on any atom is 0.201 e. The minimum atomic E-state index is -0.227. The van der Waals surface area contributed by atoms with Gasteiger partial charge in [0.1, 0.15) is 5.82 Å². The lowest BCUT2D eigenvalue weighted by Gasteiger charge is -2.22. The number of rotatable bonds is 3. The average molecular weight is 276 g/mol. The number of hydrogen-bond donors (Lipinski definition) is 1. The number of nitrogens with zero attached hydrogens (tertiary/aromatic N) is 3. The first-order chi connectivity index (χ1) is 9.56. The Labute approximate surface area is 118 Å². The van der Waals surface area contributed by atoms with Crippen LogP contribution in [0.25, 0.3) is 11.0 Å². The quantitative estimate of drug-likeness (QED) is 0.937. The summed E-state index contributed by atoms with van der Waals surface area (Å²) in [4.78, 5) is 6.74. The van der Waals surface area contributed by atoms with Crippen LogP contribution < -0.4 is 5.73 Å². The molecular formula is C15H21FN4. The molecule has 0 bridgehead atoms. The first kappa shape index (κ1) is 13.4. The number of hydrogen-bond acceptors (Lipinski definition) is 3. The molecule has 1 atom stereocenters. The van der Waals surface area contributed by atoms with E-state index >= 15 is 0 Å². The van der Waals surface area contributed by atoms with Crippen LogP contribution in [0.3, 0.4) is 0 Å². The fourth-order valence-electron chi connectivity index (χ4n) is 3.12. The van der Waals surface area contributed by atoms with Crippen LogP contribution in [0.2, 0.25) is 0 Å². The number of nitrogen functional groups attached to an aromatic ring is 1. The molecule has 5 heteroatoms. The molecule has 0 radical (unpaired) electrons. The predicted molar refractivity (Wildman–Crippen MR) is 79.2 cm³/mol. The van der Waals surface area contributed by atoms with Gasteiger partial charge in [0.25, 0.3) is 0 Å². The topological polar surface area (TPSA) is 47.1 Å². The van der Waals surface area contributed by atoms with Gasteiger partial charge in [0.05, 0.1) is 11.0 Å². The summed E-state index contributed by atoms with van der Waals surface area (Å²) in [6.07, 6.45) is 2.55. The number of benzene rings is 1. The summed E-state index contributed by atoms with van der Waals surface area (Å²) in [5, 5.41) is 0. The van der Waals surface area contributed by atoms with Gasteiger partial charge in [0.15, 0.2) is 0 Å². The van der Waals surface area contributed by atoms with Crippen molar-refractivity contribution in [1.29, 1.82) is 0 Å². The van der Waals surface area contributed by atoms with Crippen LogP contribution in [0.5, 0.6) is 0 Å². The number of halogens is 1. The molecule has 20 heavy (non-hydrogen) atoms. The summed E-state index contributed by atoms with van der Waals surface area (Å²) in [6, 6.07) is 3.55. The maximum atomic E-state index is 13.6. The van der Waals surface area contributed by atoms with Gasteiger partial charge in [0, 0.05) is 18.7 Å². The normalized spacial score (nSPS) is 17.9. The highest BCUT2D eigenvalue weighted by molar-refractivity contribution is 5.79. The summed E-state index contributed by atoms with van der Waals surface area (Å²) >= 11 is 0. The summed E-state index contributed by atoms with van der Waals surface area (Å²) in [6.45, 7) is 7.20. The van der Waals surface area contributed by atoms with Gasteiger partial charge in [-0.15, -0.1) is 0 Å². The lowest BCUT2D eigenvalue weighted by atomic mass is 10.2. The molecule has 1 aromatic heterocycles. The lowest BCUT2D eigenvalue weighted by molar-refractivity contribution is 0.291. The van der Waals surface area contributed by atoms with Gasteiger partial charge in [-0.2, -0.15) is 0 Å². The zero-order valence-corrected chi connectivity index (χ0v) is 12.1. The van der Waals surface area contributed by atoms with Crippen molar-refractivity contribution in [1.82, 2.24) is 14.5 Å². The molecule has 1 unspecified atom stereocenters. The molecule has 1 aromatic carbocycles. The highest BCUT2D eigenvalue weighted by atomic mass is 19.1. The second-order valence-corrected chi connectivity index (χ2v) is 5.79. The number of aryl methyl sites for hydroxylation is 1. The Bertz CT molecular complexity index is 628. The third-order valence-corrected chi connectivity index (χ3v) is 4.16. The highest BCUT2D eigenvalue weighted by Crippen LogP contribution is 2.26. The number of imidazole rings is 1. The monoisotopic (exact) mass is 276 g/mol. The minimum absolute atomic E-state index is 0.227. The number of aromatic nitrogens is 2. The van der Waals surface area contributed by atoms with E-state index in [4.69, 9.17) is 5.73 Å². The molecular weight excluding hydrogens is 255 g/mol. The fraction of sp³-hybridized carbons (Fsp3) is 0.533. The smallest absolute Gasteiger partial charge is 0.201 e. The largest absolute Gasteiger partial charge is 0.369 e. The molecule has 0 spiro atoms. The molecule has 2 heterocycles. The zero-order chi connectivity index (χ0) is 14.3. The lowest BCUT2D eigenvalue weighted by Crippen LogP contribution is -2.27. The fourth-order valence-corrected chi connectivity index (χ4v) is 3.12. The molecule has 0 aliphatic carbocycles. The van der Waals surface area contributed by atoms with E-state index in [2.05, 4.69) is 16.8 Å². The molecule has 2 aromatic rings. The van der Waals surface area contributed by atoms with Crippen LogP contribution >= 0.6 is 0 Å². The van der Waals surface area contributed by atoms with Crippen molar-refractivity contribution in [2.75, 3.05) is 25.4 Å². The van der Waals surface area contributed by atoms with Crippen molar-refractivity contribution in [2.45, 2.75) is 32.7 Å². The Kier molecular flexibility index (Phi) is 3.38. The van der Waals surface area contributed by atoms with Crippen LogP contribution in [0.4, 0.5) is 10.3 Å². The van der Waals surface area contributed by atoms with Crippen molar-refractivity contribution < 1.29 is 4.39 Å². The Morgan fingerprint density at radius 3 is 2.75 bits per heavy atom. The van der Waals surface area contributed by atoms with Crippen molar-refractivity contribution >= 4 is 17.0 Å². The van der Waals surface area contributed by atoms with Crippen LogP contribution in [0.15, 0.2) is 12.1 Å². The first-order valence-electron chi connectivity index (χ1n) is 7.22. The van der Waals surface area contributed by atoms with Crippen LogP contribution in [0.1, 0.15) is 31.4 Å². The van der Waals surface area contributed by atoms with E-state index in [0.29, 0.717) is 17.0 Å². The minimum Gasteiger partial charge on any atom is -0.369 e. The molecule has 1 aliphatic rings. The highest BCUT2D eigenvalue weighted by Gasteiger charge is 2.19. The van der Waals surface area contributed by atoms with E-state index in [0.717, 1.165) is 25.2 Å². The standard InChI is InChI=1S/C15H21FN4/c1-10-7-14-13(8-12(10)16)18-15(17)20(14)11(2)9-19-5-3-4-6-19/h7-8,11H,3-6,9H2,1-2H3,(H2,17,18). The Hall–Kier alpha value is -1.62. The zero-order valence-electron chi connectivity index (χ0n) is 12.1. The number of likely N-dealkylation sites (tertiary alicyclic amines) is 1. The second kappa shape index (κ2) is 5.05. The molecule has 0 amide bonds. The Morgan fingerprint density at radius 2 is 2.05 bits per heavy atom. The van der Waals surface area contributed by atoms with Crippen molar-refractivity contribution in [3.8, 4) is 0 Å².